The first-order valence-corrected chi connectivity index (χ1v) is 12.0. The number of rotatable bonds is 7. The van der Waals surface area contributed by atoms with Crippen molar-refractivity contribution in [1.29, 1.82) is 0 Å². The SMILES string of the molecule is COC=Nc1cc(N=Nc2snc3ccc(S(C)(=O)=O)cc23)cc(NC(=O)C(C)C)c1O. The highest BCUT2D eigenvalue weighted by molar-refractivity contribution is 7.90. The molecule has 1 amide bonds. The molecule has 0 aliphatic carbocycles. The van der Waals surface area contributed by atoms with Gasteiger partial charge in [-0.05, 0) is 41.9 Å². The number of anilines is 1. The molecule has 32 heavy (non-hydrogen) atoms. The smallest absolute Gasteiger partial charge is 0.227 e. The number of aromatic hydroxyl groups is 1. The van der Waals surface area contributed by atoms with Crippen molar-refractivity contribution in [2.75, 3.05) is 18.7 Å². The zero-order valence-corrected chi connectivity index (χ0v) is 19.4. The van der Waals surface area contributed by atoms with E-state index in [2.05, 4.69) is 24.9 Å². The fourth-order valence-corrected chi connectivity index (χ4v) is 3.89. The number of aliphatic imine (C=N–C) groups is 1. The molecule has 0 saturated heterocycles. The number of carbonyl (C=O) groups excluding carboxylic acids is 1. The van der Waals surface area contributed by atoms with E-state index < -0.39 is 9.84 Å². The van der Waals surface area contributed by atoms with Crippen LogP contribution < -0.4 is 5.32 Å². The average molecular weight is 476 g/mol. The minimum absolute atomic E-state index is 0.121. The van der Waals surface area contributed by atoms with Gasteiger partial charge in [-0.2, -0.15) is 4.37 Å². The number of carbonyl (C=O) groups is 1. The minimum Gasteiger partial charge on any atom is -0.504 e. The molecule has 0 atom stereocenters. The third-order valence-corrected chi connectivity index (χ3v) is 6.14. The standard InChI is InChI=1S/C20H21N5O5S2/c1-11(2)19(27)22-17-8-12(7-16(18(17)26)21-10-30-3)23-24-20-14-9-13(32(4,28)29)5-6-15(14)25-31-20/h5-11,26H,1-4H3,(H,22,27). The number of azo groups is 1. The van der Waals surface area contributed by atoms with Gasteiger partial charge in [0.15, 0.2) is 27.0 Å². The molecular weight excluding hydrogens is 454 g/mol. The predicted molar refractivity (Wildman–Crippen MR) is 124 cm³/mol. The summed E-state index contributed by atoms with van der Waals surface area (Å²) in [6.07, 6.45) is 2.26. The Balaban J connectivity index is 2.04. The molecule has 0 radical (unpaired) electrons. The van der Waals surface area contributed by atoms with E-state index in [0.29, 0.717) is 21.6 Å². The second-order valence-corrected chi connectivity index (χ2v) is 9.88. The first-order valence-electron chi connectivity index (χ1n) is 9.34. The first-order chi connectivity index (χ1) is 15.1. The molecule has 0 aliphatic heterocycles. The van der Waals surface area contributed by atoms with Crippen LogP contribution in [0.25, 0.3) is 10.9 Å². The van der Waals surface area contributed by atoms with Gasteiger partial charge in [-0.1, -0.05) is 13.8 Å². The molecule has 12 heteroatoms. The first kappa shape index (κ1) is 23.3. The van der Waals surface area contributed by atoms with E-state index in [4.69, 9.17) is 4.74 Å². The van der Waals surface area contributed by atoms with Gasteiger partial charge in [0.05, 0.1) is 28.9 Å². The number of sulfone groups is 1. The molecule has 0 saturated carbocycles. The van der Waals surface area contributed by atoms with Crippen LogP contribution in [0, 0.1) is 5.92 Å². The zero-order valence-electron chi connectivity index (χ0n) is 17.7. The topological polar surface area (TPSA) is 143 Å². The molecule has 0 bridgehead atoms. The molecular formula is C20H21N5O5S2. The second-order valence-electron chi connectivity index (χ2n) is 7.11. The average Bonchev–Trinajstić information content (AvgIpc) is 3.14. The molecule has 1 heterocycles. The number of hydrogen-bond donors (Lipinski definition) is 2. The minimum atomic E-state index is -3.39. The van der Waals surface area contributed by atoms with E-state index >= 15 is 0 Å². The molecule has 1 aromatic heterocycles. The van der Waals surface area contributed by atoms with Crippen LogP contribution in [0.4, 0.5) is 22.1 Å². The number of methoxy groups -OCH3 is 1. The van der Waals surface area contributed by atoms with E-state index in [9.17, 15) is 18.3 Å². The summed E-state index contributed by atoms with van der Waals surface area (Å²) >= 11 is 1.07. The number of nitrogens with zero attached hydrogens (tertiary/aromatic N) is 4. The molecule has 0 fully saturated rings. The summed E-state index contributed by atoms with van der Waals surface area (Å²) in [6.45, 7) is 3.44. The summed E-state index contributed by atoms with van der Waals surface area (Å²) in [4.78, 5) is 16.3. The molecule has 168 valence electrons. The van der Waals surface area contributed by atoms with Gasteiger partial charge in [0.2, 0.25) is 5.91 Å². The summed E-state index contributed by atoms with van der Waals surface area (Å²) in [5.41, 5.74) is 1.14. The number of phenols is 1. The number of aromatic nitrogens is 1. The largest absolute Gasteiger partial charge is 0.504 e. The summed E-state index contributed by atoms with van der Waals surface area (Å²) in [5.74, 6) is -0.844. The highest BCUT2D eigenvalue weighted by atomic mass is 32.2. The van der Waals surface area contributed by atoms with Crippen molar-refractivity contribution in [3.8, 4) is 5.75 Å². The molecule has 0 unspecified atom stereocenters. The van der Waals surface area contributed by atoms with Crippen LogP contribution in [0.3, 0.4) is 0 Å². The van der Waals surface area contributed by atoms with Crippen LogP contribution in [-0.2, 0) is 19.4 Å². The molecule has 2 aromatic carbocycles. The van der Waals surface area contributed by atoms with Crippen molar-refractivity contribution in [2.45, 2.75) is 18.7 Å². The lowest BCUT2D eigenvalue weighted by Crippen LogP contribution is -2.17. The number of phenolic OH excluding ortho intramolecular Hbond substituents is 1. The molecule has 2 N–H and O–H groups in total. The van der Waals surface area contributed by atoms with Crippen LogP contribution >= 0.6 is 11.5 Å². The van der Waals surface area contributed by atoms with Crippen molar-refractivity contribution >= 4 is 66.6 Å². The second kappa shape index (κ2) is 9.40. The number of nitrogens with one attached hydrogen (secondary N) is 1. The maximum atomic E-state index is 12.1. The molecule has 0 aliphatic rings. The summed E-state index contributed by atoms with van der Waals surface area (Å²) in [7, 11) is -1.98. The van der Waals surface area contributed by atoms with Crippen molar-refractivity contribution in [1.82, 2.24) is 4.37 Å². The van der Waals surface area contributed by atoms with Crippen LogP contribution in [-0.4, -0.2) is 43.6 Å². The van der Waals surface area contributed by atoms with Crippen molar-refractivity contribution in [2.24, 2.45) is 21.1 Å². The Kier molecular flexibility index (Phi) is 6.84. The van der Waals surface area contributed by atoms with Crippen LogP contribution in [0.2, 0.25) is 0 Å². The van der Waals surface area contributed by atoms with Gasteiger partial charge >= 0.3 is 0 Å². The summed E-state index contributed by atoms with van der Waals surface area (Å²) in [6, 6.07) is 7.52. The van der Waals surface area contributed by atoms with Gasteiger partial charge in [0.25, 0.3) is 0 Å². The third kappa shape index (κ3) is 5.26. The monoisotopic (exact) mass is 475 g/mol. The van der Waals surface area contributed by atoms with Crippen molar-refractivity contribution in [3.05, 3.63) is 30.3 Å². The van der Waals surface area contributed by atoms with Gasteiger partial charge in [-0.3, -0.25) is 4.79 Å². The van der Waals surface area contributed by atoms with E-state index in [-0.39, 0.29) is 33.8 Å². The van der Waals surface area contributed by atoms with Crippen molar-refractivity contribution in [3.63, 3.8) is 0 Å². The number of amides is 1. The maximum Gasteiger partial charge on any atom is 0.227 e. The zero-order chi connectivity index (χ0) is 23.5. The van der Waals surface area contributed by atoms with E-state index in [1.807, 2.05) is 0 Å². The Hall–Kier alpha value is -3.38. The highest BCUT2D eigenvalue weighted by Gasteiger charge is 2.15. The number of ether oxygens (including phenoxy) is 1. The van der Waals surface area contributed by atoms with Crippen LogP contribution in [0.1, 0.15) is 13.8 Å². The molecule has 3 aromatic rings. The van der Waals surface area contributed by atoms with E-state index in [0.717, 1.165) is 24.2 Å². The number of benzene rings is 2. The number of fused-ring (bicyclic) bond motifs is 1. The lowest BCUT2D eigenvalue weighted by atomic mass is 10.2. The molecule has 10 nitrogen and oxygen atoms in total. The van der Waals surface area contributed by atoms with Gasteiger partial charge in [0.1, 0.15) is 5.69 Å². The van der Waals surface area contributed by atoms with E-state index in [1.54, 1.807) is 19.9 Å². The predicted octanol–water partition coefficient (Wildman–Crippen LogP) is 4.72. The summed E-state index contributed by atoms with van der Waals surface area (Å²) in [5, 5.41) is 22.4. The molecule has 0 spiro atoms. The van der Waals surface area contributed by atoms with Crippen LogP contribution in [0.5, 0.6) is 5.75 Å². The van der Waals surface area contributed by atoms with Crippen molar-refractivity contribution < 1.29 is 23.1 Å². The van der Waals surface area contributed by atoms with Gasteiger partial charge in [-0.25, -0.2) is 13.4 Å². The Labute approximate surface area is 188 Å². The quantitative estimate of drug-likeness (QED) is 0.219. The number of hydrogen-bond acceptors (Lipinski definition) is 10. The molecule has 3 rings (SSSR count). The van der Waals surface area contributed by atoms with Gasteiger partial charge in [-0.15, -0.1) is 10.2 Å². The fourth-order valence-electron chi connectivity index (χ4n) is 2.56. The Morgan fingerprint density at radius 3 is 2.66 bits per heavy atom. The van der Waals surface area contributed by atoms with Crippen LogP contribution in [0.15, 0.2) is 50.4 Å². The maximum absolute atomic E-state index is 12.1. The lowest BCUT2D eigenvalue weighted by molar-refractivity contribution is -0.118. The highest BCUT2D eigenvalue weighted by Crippen LogP contribution is 2.40. The van der Waals surface area contributed by atoms with Gasteiger partial charge in [0, 0.05) is 17.6 Å². The third-order valence-electron chi connectivity index (χ3n) is 4.27. The van der Waals surface area contributed by atoms with Gasteiger partial charge < -0.3 is 15.2 Å². The Bertz CT molecular complexity index is 1330. The lowest BCUT2D eigenvalue weighted by Gasteiger charge is -2.11. The van der Waals surface area contributed by atoms with E-state index in [1.165, 1.54) is 31.4 Å². The normalized spacial score (nSPS) is 12.3. The Morgan fingerprint density at radius 2 is 2.00 bits per heavy atom. The Morgan fingerprint density at radius 1 is 1.25 bits per heavy atom. The fraction of sp³-hybridized carbons (Fsp3) is 0.250. The summed E-state index contributed by atoms with van der Waals surface area (Å²) < 4.78 is 32.8.